The van der Waals surface area contributed by atoms with Gasteiger partial charge in [0.15, 0.2) is 5.75 Å². The molecule has 0 atom stereocenters. The fraction of sp³-hybridized carbons (Fsp3) is 0.231. The number of ether oxygens (including phenoxy) is 1. The molecule has 0 saturated carbocycles. The maximum Gasteiger partial charge on any atom is 0.164 e. The van der Waals surface area contributed by atoms with Crippen LogP contribution in [0, 0.1) is 0 Å². The molecule has 18 heavy (non-hydrogen) atoms. The van der Waals surface area contributed by atoms with Crippen molar-refractivity contribution in [3.8, 4) is 17.0 Å². The van der Waals surface area contributed by atoms with Gasteiger partial charge in [-0.1, -0.05) is 0 Å². The lowest BCUT2D eigenvalue weighted by Crippen LogP contribution is -1.91. The Bertz CT molecular complexity index is 711. The highest BCUT2D eigenvalue weighted by Crippen LogP contribution is 2.29. The molecule has 3 rings (SSSR count). The minimum Gasteiger partial charge on any atom is -0.493 e. The number of pyridine rings is 1. The number of aromatic nitrogens is 4. The maximum absolute atomic E-state index is 5.32. The number of fused-ring (bicyclic) bond motifs is 1. The number of methoxy groups -OCH3 is 1. The number of nitrogens with zero attached hydrogens (tertiary/aromatic N) is 4. The first kappa shape index (κ1) is 10.8. The summed E-state index contributed by atoms with van der Waals surface area (Å²) in [6.45, 7) is 0. The van der Waals surface area contributed by atoms with Crippen molar-refractivity contribution in [3.63, 3.8) is 0 Å². The molecule has 0 unspecified atom stereocenters. The summed E-state index contributed by atoms with van der Waals surface area (Å²) in [6.07, 6.45) is 5.68. The van der Waals surface area contributed by atoms with Gasteiger partial charge in [-0.05, 0) is 12.1 Å². The minimum atomic E-state index is 0.759. The van der Waals surface area contributed by atoms with Gasteiger partial charge >= 0.3 is 0 Å². The number of aryl methyl sites for hydroxylation is 2. The zero-order valence-corrected chi connectivity index (χ0v) is 10.6. The van der Waals surface area contributed by atoms with Gasteiger partial charge in [-0.2, -0.15) is 5.10 Å². The maximum atomic E-state index is 5.32. The molecule has 0 bridgehead atoms. The van der Waals surface area contributed by atoms with Crippen LogP contribution in [0.15, 0.2) is 30.7 Å². The monoisotopic (exact) mass is 242 g/mol. The van der Waals surface area contributed by atoms with E-state index in [0.29, 0.717) is 0 Å². The predicted molar refractivity (Wildman–Crippen MR) is 69.5 cm³/mol. The highest BCUT2D eigenvalue weighted by atomic mass is 16.5. The van der Waals surface area contributed by atoms with Crippen molar-refractivity contribution in [1.29, 1.82) is 0 Å². The van der Waals surface area contributed by atoms with E-state index in [-0.39, 0.29) is 0 Å². The van der Waals surface area contributed by atoms with E-state index < -0.39 is 0 Å². The Kier molecular flexibility index (Phi) is 2.33. The summed E-state index contributed by atoms with van der Waals surface area (Å²) in [5.74, 6) is 0.759. The van der Waals surface area contributed by atoms with Crippen LogP contribution in [0.4, 0.5) is 0 Å². The highest BCUT2D eigenvalue weighted by Gasteiger charge is 2.12. The Labute approximate surface area is 105 Å². The summed E-state index contributed by atoms with van der Waals surface area (Å²) < 4.78 is 9.06. The Hall–Kier alpha value is -2.30. The fourth-order valence-corrected chi connectivity index (χ4v) is 2.10. The second-order valence-corrected chi connectivity index (χ2v) is 4.28. The van der Waals surface area contributed by atoms with Crippen molar-refractivity contribution in [2.45, 2.75) is 0 Å². The summed E-state index contributed by atoms with van der Waals surface area (Å²) in [6, 6.07) is 4.12. The molecule has 5 heteroatoms. The van der Waals surface area contributed by atoms with Crippen LogP contribution in [0.1, 0.15) is 0 Å². The van der Waals surface area contributed by atoms with Crippen molar-refractivity contribution >= 4 is 11.0 Å². The highest BCUT2D eigenvalue weighted by molar-refractivity contribution is 5.82. The lowest BCUT2D eigenvalue weighted by Gasteiger charge is -2.01. The summed E-state index contributed by atoms with van der Waals surface area (Å²) in [7, 11) is 5.51. The van der Waals surface area contributed by atoms with Crippen molar-refractivity contribution < 1.29 is 4.74 Å². The van der Waals surface area contributed by atoms with Gasteiger partial charge in [-0.25, -0.2) is 4.98 Å². The van der Waals surface area contributed by atoms with Crippen LogP contribution < -0.4 is 4.74 Å². The quantitative estimate of drug-likeness (QED) is 0.690. The first-order chi connectivity index (χ1) is 8.69. The first-order valence-electron chi connectivity index (χ1n) is 5.68. The normalized spacial score (nSPS) is 11.1. The smallest absolute Gasteiger partial charge is 0.164 e. The van der Waals surface area contributed by atoms with Gasteiger partial charge in [0.25, 0.3) is 0 Å². The van der Waals surface area contributed by atoms with Gasteiger partial charge < -0.3 is 9.30 Å². The Balaban J connectivity index is 2.18. The number of hydrogen-bond donors (Lipinski definition) is 0. The van der Waals surface area contributed by atoms with E-state index >= 15 is 0 Å². The second kappa shape index (κ2) is 3.87. The first-order valence-corrected chi connectivity index (χ1v) is 5.68. The molecule has 5 nitrogen and oxygen atoms in total. The molecule has 3 heterocycles. The van der Waals surface area contributed by atoms with Crippen LogP contribution >= 0.6 is 0 Å². The van der Waals surface area contributed by atoms with E-state index in [4.69, 9.17) is 4.74 Å². The van der Waals surface area contributed by atoms with Crippen LogP contribution in [0.5, 0.6) is 5.75 Å². The van der Waals surface area contributed by atoms with E-state index in [1.165, 1.54) is 0 Å². The molecule has 3 aromatic heterocycles. The predicted octanol–water partition coefficient (Wildman–Crippen LogP) is 1.98. The van der Waals surface area contributed by atoms with Crippen LogP contribution in [-0.2, 0) is 14.1 Å². The van der Waals surface area contributed by atoms with Crippen molar-refractivity contribution in [2.75, 3.05) is 7.11 Å². The minimum absolute atomic E-state index is 0.759. The summed E-state index contributed by atoms with van der Waals surface area (Å²) in [5.41, 5.74) is 2.75. The topological polar surface area (TPSA) is 44.9 Å². The second-order valence-electron chi connectivity index (χ2n) is 4.28. The van der Waals surface area contributed by atoms with Crippen LogP contribution in [0.25, 0.3) is 22.3 Å². The van der Waals surface area contributed by atoms with Crippen molar-refractivity contribution in [2.24, 2.45) is 14.1 Å². The lowest BCUT2D eigenvalue weighted by atomic mass is 10.2. The molecule has 0 spiro atoms. The third-order valence-electron chi connectivity index (χ3n) is 3.00. The van der Waals surface area contributed by atoms with E-state index in [9.17, 15) is 0 Å². The summed E-state index contributed by atoms with van der Waals surface area (Å²) in [5, 5.41) is 5.51. The van der Waals surface area contributed by atoms with Gasteiger partial charge in [0, 0.05) is 37.4 Å². The Morgan fingerprint density at radius 1 is 1.28 bits per heavy atom. The van der Waals surface area contributed by atoms with Gasteiger partial charge in [0.2, 0.25) is 0 Å². The van der Waals surface area contributed by atoms with Gasteiger partial charge in [0.05, 0.1) is 13.3 Å². The Morgan fingerprint density at radius 3 is 2.89 bits per heavy atom. The molecule has 0 aliphatic carbocycles. The Morgan fingerprint density at radius 2 is 2.11 bits per heavy atom. The average molecular weight is 242 g/mol. The molecular formula is C13H14N4O. The van der Waals surface area contributed by atoms with Crippen molar-refractivity contribution in [3.05, 3.63) is 30.7 Å². The fourth-order valence-electron chi connectivity index (χ4n) is 2.10. The SMILES string of the molecule is COc1cn(C)nc1-c1cnc2c(ccn2C)c1. The third-order valence-corrected chi connectivity index (χ3v) is 3.00. The zero-order valence-electron chi connectivity index (χ0n) is 10.6. The molecule has 0 N–H and O–H groups in total. The molecule has 0 aliphatic rings. The van der Waals surface area contributed by atoms with Crippen molar-refractivity contribution in [1.82, 2.24) is 19.3 Å². The summed E-state index contributed by atoms with van der Waals surface area (Å²) in [4.78, 5) is 4.46. The zero-order chi connectivity index (χ0) is 12.7. The lowest BCUT2D eigenvalue weighted by molar-refractivity contribution is 0.416. The molecule has 3 aromatic rings. The summed E-state index contributed by atoms with van der Waals surface area (Å²) >= 11 is 0. The molecule has 0 radical (unpaired) electrons. The van der Waals surface area contributed by atoms with Gasteiger partial charge in [0.1, 0.15) is 11.3 Å². The molecule has 0 saturated heterocycles. The largest absolute Gasteiger partial charge is 0.493 e. The number of rotatable bonds is 2. The standard InChI is InChI=1S/C13H14N4O/c1-16-5-4-9-6-10(7-14-13(9)16)12-11(18-3)8-17(2)15-12/h4-8H,1-3H3. The number of hydrogen-bond acceptors (Lipinski definition) is 3. The average Bonchev–Trinajstić information content (AvgIpc) is 2.93. The third kappa shape index (κ3) is 1.55. The van der Waals surface area contributed by atoms with Gasteiger partial charge in [-0.15, -0.1) is 0 Å². The molecule has 92 valence electrons. The van der Waals surface area contributed by atoms with E-state index in [1.807, 2.05) is 43.3 Å². The van der Waals surface area contributed by atoms with Crippen LogP contribution in [0.3, 0.4) is 0 Å². The molecule has 0 aliphatic heterocycles. The van der Waals surface area contributed by atoms with Crippen LogP contribution in [-0.4, -0.2) is 26.4 Å². The molecule has 0 amide bonds. The van der Waals surface area contributed by atoms with E-state index in [0.717, 1.165) is 28.0 Å². The van der Waals surface area contributed by atoms with E-state index in [2.05, 4.69) is 16.1 Å². The van der Waals surface area contributed by atoms with E-state index in [1.54, 1.807) is 11.8 Å². The molecular weight excluding hydrogens is 228 g/mol. The van der Waals surface area contributed by atoms with Gasteiger partial charge in [-0.3, -0.25) is 4.68 Å². The van der Waals surface area contributed by atoms with Crippen LogP contribution in [0.2, 0.25) is 0 Å². The molecule has 0 fully saturated rings. The molecule has 0 aromatic carbocycles.